The number of hydrogen-bond donors (Lipinski definition) is 1. The number of hydrogen-bond acceptors (Lipinski definition) is 4. The Hall–Kier alpha value is -2.41. The molecular weight excluding hydrogens is 364 g/mol. The summed E-state index contributed by atoms with van der Waals surface area (Å²) in [6, 6.07) is 10.7. The molecule has 1 saturated heterocycles. The molecule has 1 aliphatic rings. The van der Waals surface area contributed by atoms with Crippen molar-refractivity contribution in [2.24, 2.45) is 5.92 Å². The van der Waals surface area contributed by atoms with Crippen LogP contribution in [0.1, 0.15) is 6.42 Å². The van der Waals surface area contributed by atoms with E-state index in [4.69, 9.17) is 9.84 Å². The summed E-state index contributed by atoms with van der Waals surface area (Å²) in [5.74, 6) is -0.792. The highest BCUT2D eigenvalue weighted by atomic mass is 79.9. The lowest BCUT2D eigenvalue weighted by Crippen LogP contribution is -2.25. The Balaban J connectivity index is 1.72. The van der Waals surface area contributed by atoms with Gasteiger partial charge >= 0.3 is 5.97 Å². The minimum Gasteiger partial charge on any atom is -0.481 e. The molecule has 1 N–H and O–H groups in total. The molecule has 0 spiro atoms. The zero-order valence-corrected chi connectivity index (χ0v) is 13.6. The fraction of sp³-hybridized carbons (Fsp3) is 0.188. The van der Waals surface area contributed by atoms with Crippen LogP contribution in [0.3, 0.4) is 0 Å². The highest BCUT2D eigenvalue weighted by molar-refractivity contribution is 9.10. The molecule has 7 heteroatoms. The molecule has 1 fully saturated rings. The van der Waals surface area contributed by atoms with Gasteiger partial charge in [0.15, 0.2) is 0 Å². The molecule has 0 saturated carbocycles. The summed E-state index contributed by atoms with van der Waals surface area (Å²) < 4.78 is 6.52. The van der Waals surface area contributed by atoms with E-state index in [9.17, 15) is 9.59 Å². The number of halogens is 1. The van der Waals surface area contributed by atoms with E-state index in [1.165, 1.54) is 11.1 Å². The Labute approximate surface area is 140 Å². The van der Waals surface area contributed by atoms with Gasteiger partial charge in [0, 0.05) is 23.5 Å². The van der Waals surface area contributed by atoms with Crippen LogP contribution < -0.4 is 9.64 Å². The number of amides is 1. The molecule has 2 heterocycles. The summed E-state index contributed by atoms with van der Waals surface area (Å²) in [7, 11) is 0. The molecular formula is C16H13BrN2O4. The van der Waals surface area contributed by atoms with Crippen LogP contribution >= 0.6 is 15.9 Å². The molecule has 1 amide bonds. The molecule has 0 aliphatic carbocycles. The zero-order chi connectivity index (χ0) is 16.4. The summed E-state index contributed by atoms with van der Waals surface area (Å²) in [6.07, 6.45) is 1.53. The van der Waals surface area contributed by atoms with Gasteiger partial charge in [0.05, 0.1) is 17.8 Å². The van der Waals surface area contributed by atoms with Crippen molar-refractivity contribution in [2.75, 3.05) is 11.4 Å². The lowest BCUT2D eigenvalue weighted by atomic mass is 10.1. The standard InChI is InChI=1S/C16H13BrN2O4/c17-11-2-1-3-13(7-11)23-14-5-4-12(8-18-14)19-9-10(16(21)22)6-15(19)20/h1-5,7-8,10H,6,9H2,(H,21,22). The van der Waals surface area contributed by atoms with Gasteiger partial charge in [0.1, 0.15) is 5.75 Å². The van der Waals surface area contributed by atoms with E-state index in [1.54, 1.807) is 12.1 Å². The average molecular weight is 377 g/mol. The smallest absolute Gasteiger partial charge is 0.308 e. The molecule has 1 aromatic heterocycles. The minimum atomic E-state index is -0.955. The lowest BCUT2D eigenvalue weighted by Gasteiger charge is -2.16. The van der Waals surface area contributed by atoms with E-state index >= 15 is 0 Å². The first kappa shape index (κ1) is 15.5. The second-order valence-corrected chi connectivity index (χ2v) is 6.07. The van der Waals surface area contributed by atoms with Crippen LogP contribution in [-0.4, -0.2) is 28.5 Å². The number of anilines is 1. The number of ether oxygens (including phenoxy) is 1. The van der Waals surface area contributed by atoms with Crippen LogP contribution in [0.25, 0.3) is 0 Å². The van der Waals surface area contributed by atoms with Gasteiger partial charge in [-0.1, -0.05) is 22.0 Å². The first-order valence-electron chi connectivity index (χ1n) is 6.95. The van der Waals surface area contributed by atoms with Crippen LogP contribution in [0.2, 0.25) is 0 Å². The molecule has 1 aliphatic heterocycles. The Kier molecular flexibility index (Phi) is 4.29. The predicted octanol–water partition coefficient (Wildman–Crippen LogP) is 3.07. The normalized spacial score (nSPS) is 17.3. The predicted molar refractivity (Wildman–Crippen MR) is 86.5 cm³/mol. The largest absolute Gasteiger partial charge is 0.481 e. The highest BCUT2D eigenvalue weighted by Gasteiger charge is 2.35. The maximum absolute atomic E-state index is 11.9. The molecule has 1 aromatic carbocycles. The number of carbonyl (C=O) groups is 2. The van der Waals surface area contributed by atoms with E-state index in [0.29, 0.717) is 17.3 Å². The minimum absolute atomic E-state index is 0.0195. The van der Waals surface area contributed by atoms with Crippen molar-refractivity contribution >= 4 is 33.5 Å². The van der Waals surface area contributed by atoms with Crippen molar-refractivity contribution in [3.8, 4) is 11.6 Å². The van der Waals surface area contributed by atoms with Crippen molar-refractivity contribution in [3.63, 3.8) is 0 Å². The second kappa shape index (κ2) is 6.37. The first-order valence-corrected chi connectivity index (χ1v) is 7.75. The van der Waals surface area contributed by atoms with Crippen LogP contribution in [0.5, 0.6) is 11.6 Å². The Bertz CT molecular complexity index is 748. The van der Waals surface area contributed by atoms with Gasteiger partial charge in [-0.3, -0.25) is 9.59 Å². The fourth-order valence-corrected chi connectivity index (χ4v) is 2.74. The van der Waals surface area contributed by atoms with Gasteiger partial charge in [-0.05, 0) is 24.3 Å². The number of nitrogens with zero attached hydrogens (tertiary/aromatic N) is 2. The number of carbonyl (C=O) groups excluding carboxylic acids is 1. The van der Waals surface area contributed by atoms with E-state index in [2.05, 4.69) is 20.9 Å². The monoisotopic (exact) mass is 376 g/mol. The maximum Gasteiger partial charge on any atom is 0.308 e. The molecule has 6 nitrogen and oxygen atoms in total. The van der Waals surface area contributed by atoms with Crippen molar-refractivity contribution in [1.82, 2.24) is 4.98 Å². The number of rotatable bonds is 4. The molecule has 0 bridgehead atoms. The molecule has 1 unspecified atom stereocenters. The van der Waals surface area contributed by atoms with Crippen LogP contribution in [0, 0.1) is 5.92 Å². The summed E-state index contributed by atoms with van der Waals surface area (Å²) >= 11 is 3.36. The quantitative estimate of drug-likeness (QED) is 0.886. The van der Waals surface area contributed by atoms with E-state index in [-0.39, 0.29) is 18.9 Å². The van der Waals surface area contributed by atoms with Crippen LogP contribution in [-0.2, 0) is 9.59 Å². The fourth-order valence-electron chi connectivity index (χ4n) is 2.37. The van der Waals surface area contributed by atoms with Gasteiger partial charge in [0.2, 0.25) is 11.8 Å². The Morgan fingerprint density at radius 2 is 2.17 bits per heavy atom. The van der Waals surface area contributed by atoms with Crippen molar-refractivity contribution in [1.29, 1.82) is 0 Å². The number of aliphatic carboxylic acids is 1. The van der Waals surface area contributed by atoms with Gasteiger partial charge in [-0.25, -0.2) is 4.98 Å². The molecule has 1 atom stereocenters. The summed E-state index contributed by atoms with van der Waals surface area (Å²) in [5.41, 5.74) is 0.570. The molecule has 0 radical (unpaired) electrons. The van der Waals surface area contributed by atoms with Crippen LogP contribution in [0.4, 0.5) is 5.69 Å². The van der Waals surface area contributed by atoms with Gasteiger partial charge in [0.25, 0.3) is 0 Å². The van der Waals surface area contributed by atoms with Gasteiger partial charge in [-0.2, -0.15) is 0 Å². The van der Waals surface area contributed by atoms with Crippen molar-refractivity contribution < 1.29 is 19.4 Å². The molecule has 3 rings (SSSR count). The zero-order valence-electron chi connectivity index (χ0n) is 12.0. The average Bonchev–Trinajstić information content (AvgIpc) is 2.90. The Morgan fingerprint density at radius 3 is 2.78 bits per heavy atom. The maximum atomic E-state index is 11.9. The molecule has 2 aromatic rings. The van der Waals surface area contributed by atoms with Crippen molar-refractivity contribution in [2.45, 2.75) is 6.42 Å². The van der Waals surface area contributed by atoms with Crippen LogP contribution in [0.15, 0.2) is 47.1 Å². The van der Waals surface area contributed by atoms with Gasteiger partial charge in [-0.15, -0.1) is 0 Å². The number of benzene rings is 1. The summed E-state index contributed by atoms with van der Waals surface area (Å²) in [4.78, 5) is 28.5. The Morgan fingerprint density at radius 1 is 1.35 bits per heavy atom. The molecule has 118 valence electrons. The number of aromatic nitrogens is 1. The number of carboxylic acid groups (broad SMARTS) is 1. The van der Waals surface area contributed by atoms with E-state index in [0.717, 1.165) is 4.47 Å². The number of pyridine rings is 1. The summed E-state index contributed by atoms with van der Waals surface area (Å²) in [6.45, 7) is 0.168. The first-order chi connectivity index (χ1) is 11.0. The van der Waals surface area contributed by atoms with E-state index in [1.807, 2.05) is 24.3 Å². The summed E-state index contributed by atoms with van der Waals surface area (Å²) in [5, 5.41) is 9.01. The third kappa shape index (κ3) is 3.50. The topological polar surface area (TPSA) is 79.7 Å². The SMILES string of the molecule is O=C(O)C1CC(=O)N(c2ccc(Oc3cccc(Br)c3)nc2)C1. The number of carboxylic acids is 1. The van der Waals surface area contributed by atoms with Gasteiger partial charge < -0.3 is 14.7 Å². The highest BCUT2D eigenvalue weighted by Crippen LogP contribution is 2.27. The molecule has 23 heavy (non-hydrogen) atoms. The lowest BCUT2D eigenvalue weighted by molar-refractivity contribution is -0.141. The van der Waals surface area contributed by atoms with Crippen molar-refractivity contribution in [3.05, 3.63) is 47.1 Å². The second-order valence-electron chi connectivity index (χ2n) is 5.16. The van der Waals surface area contributed by atoms with E-state index < -0.39 is 11.9 Å². The third-order valence-electron chi connectivity index (χ3n) is 3.53. The third-order valence-corrected chi connectivity index (χ3v) is 4.02.